The minimum atomic E-state index is -0.0331. The predicted molar refractivity (Wildman–Crippen MR) is 85.5 cm³/mol. The molecule has 0 unspecified atom stereocenters. The fourth-order valence-corrected chi connectivity index (χ4v) is 2.44. The van der Waals surface area contributed by atoms with Crippen LogP contribution in [-0.4, -0.2) is 17.4 Å². The van der Waals surface area contributed by atoms with Crippen molar-refractivity contribution in [3.8, 4) is 0 Å². The Labute approximate surface area is 124 Å². The normalized spacial score (nSPS) is 12.2. The average molecular weight is 278 g/mol. The molecule has 0 spiro atoms. The predicted octanol–water partition coefficient (Wildman–Crippen LogP) is 3.70. The number of hydrogen-bond acceptors (Lipinski definition) is 1. The first kappa shape index (κ1) is 13.4. The number of rotatable bonds is 4. The van der Waals surface area contributed by atoms with Crippen LogP contribution in [-0.2, 0) is 0 Å². The minimum absolute atomic E-state index is 0.0331. The maximum atomic E-state index is 12.2. The minimum Gasteiger partial charge on any atom is -0.361 e. The zero-order valence-corrected chi connectivity index (χ0v) is 12.0. The van der Waals surface area contributed by atoms with Crippen LogP contribution in [0.1, 0.15) is 28.8 Å². The first-order valence-electron chi connectivity index (χ1n) is 7.14. The molecule has 0 aliphatic rings. The Morgan fingerprint density at radius 3 is 2.76 bits per heavy atom. The molecule has 1 atom stereocenters. The molecule has 0 fully saturated rings. The summed E-state index contributed by atoms with van der Waals surface area (Å²) in [6, 6.07) is 17.9. The van der Waals surface area contributed by atoms with Crippen molar-refractivity contribution >= 4 is 16.8 Å². The van der Waals surface area contributed by atoms with E-state index in [0.29, 0.717) is 18.0 Å². The summed E-state index contributed by atoms with van der Waals surface area (Å²) in [6.45, 7) is 2.75. The summed E-state index contributed by atoms with van der Waals surface area (Å²) in [5, 5.41) is 4.12. The van der Waals surface area contributed by atoms with Gasteiger partial charge in [0.2, 0.25) is 0 Å². The van der Waals surface area contributed by atoms with Crippen LogP contribution >= 0.6 is 0 Å². The molecule has 1 aromatic heterocycles. The van der Waals surface area contributed by atoms with E-state index in [1.54, 1.807) is 0 Å². The SMILES string of the molecule is C[C@@H](CNC(=O)c1ccc2cc[nH]c2c1)c1ccccc1. The van der Waals surface area contributed by atoms with E-state index in [1.807, 2.05) is 48.7 Å². The first-order chi connectivity index (χ1) is 10.2. The largest absolute Gasteiger partial charge is 0.361 e. The molecule has 2 N–H and O–H groups in total. The second-order valence-electron chi connectivity index (χ2n) is 5.30. The molecule has 0 bridgehead atoms. The molecule has 3 aromatic rings. The molecule has 2 aromatic carbocycles. The highest BCUT2D eigenvalue weighted by Crippen LogP contribution is 2.15. The lowest BCUT2D eigenvalue weighted by Crippen LogP contribution is -2.27. The molecule has 0 radical (unpaired) electrons. The topological polar surface area (TPSA) is 44.9 Å². The Balaban J connectivity index is 1.66. The van der Waals surface area contributed by atoms with Crippen molar-refractivity contribution in [3.63, 3.8) is 0 Å². The molecule has 3 nitrogen and oxygen atoms in total. The molecule has 3 heteroatoms. The molecule has 0 saturated heterocycles. The van der Waals surface area contributed by atoms with Crippen molar-refractivity contribution < 1.29 is 4.79 Å². The van der Waals surface area contributed by atoms with E-state index in [0.717, 1.165) is 10.9 Å². The number of nitrogens with one attached hydrogen (secondary N) is 2. The molecule has 21 heavy (non-hydrogen) atoms. The van der Waals surface area contributed by atoms with Gasteiger partial charge < -0.3 is 10.3 Å². The van der Waals surface area contributed by atoms with Gasteiger partial charge in [0.1, 0.15) is 0 Å². The van der Waals surface area contributed by atoms with Gasteiger partial charge in [0.05, 0.1) is 0 Å². The van der Waals surface area contributed by atoms with Crippen molar-refractivity contribution in [3.05, 3.63) is 71.9 Å². The van der Waals surface area contributed by atoms with Crippen LogP contribution in [0.15, 0.2) is 60.8 Å². The Morgan fingerprint density at radius 2 is 1.95 bits per heavy atom. The standard InChI is InChI=1S/C18H18N2O/c1-13(14-5-3-2-4-6-14)12-20-18(21)16-8-7-15-9-10-19-17(15)11-16/h2-11,13,19H,12H2,1H3,(H,20,21)/t13-/m0/s1. The second-order valence-corrected chi connectivity index (χ2v) is 5.30. The monoisotopic (exact) mass is 278 g/mol. The maximum absolute atomic E-state index is 12.2. The third-order valence-corrected chi connectivity index (χ3v) is 3.75. The van der Waals surface area contributed by atoms with Gasteiger partial charge in [-0.3, -0.25) is 4.79 Å². The van der Waals surface area contributed by atoms with Gasteiger partial charge in [0, 0.05) is 23.8 Å². The summed E-state index contributed by atoms with van der Waals surface area (Å²) in [5.41, 5.74) is 2.90. The molecule has 1 heterocycles. The molecule has 0 saturated carbocycles. The average Bonchev–Trinajstić information content (AvgIpc) is 3.00. The van der Waals surface area contributed by atoms with Gasteiger partial charge in [-0.2, -0.15) is 0 Å². The van der Waals surface area contributed by atoms with E-state index in [2.05, 4.69) is 29.4 Å². The summed E-state index contributed by atoms with van der Waals surface area (Å²) < 4.78 is 0. The van der Waals surface area contributed by atoms with Gasteiger partial charge >= 0.3 is 0 Å². The van der Waals surface area contributed by atoms with Crippen LogP contribution in [0, 0.1) is 0 Å². The van der Waals surface area contributed by atoms with Crippen LogP contribution in [0.5, 0.6) is 0 Å². The highest BCUT2D eigenvalue weighted by atomic mass is 16.1. The fourth-order valence-electron chi connectivity index (χ4n) is 2.44. The van der Waals surface area contributed by atoms with Crippen molar-refractivity contribution in [1.82, 2.24) is 10.3 Å². The number of benzene rings is 2. The fraction of sp³-hybridized carbons (Fsp3) is 0.167. The summed E-state index contributed by atoms with van der Waals surface area (Å²) in [6.07, 6.45) is 1.88. The molecule has 0 aliphatic heterocycles. The number of hydrogen-bond donors (Lipinski definition) is 2. The van der Waals surface area contributed by atoms with Gasteiger partial charge in [-0.25, -0.2) is 0 Å². The van der Waals surface area contributed by atoms with Gasteiger partial charge in [0.25, 0.3) is 5.91 Å². The lowest BCUT2D eigenvalue weighted by Gasteiger charge is -2.13. The molecule has 106 valence electrons. The van der Waals surface area contributed by atoms with Crippen molar-refractivity contribution in [2.24, 2.45) is 0 Å². The van der Waals surface area contributed by atoms with E-state index < -0.39 is 0 Å². The van der Waals surface area contributed by atoms with Crippen LogP contribution in [0.4, 0.5) is 0 Å². The molecular weight excluding hydrogens is 260 g/mol. The van der Waals surface area contributed by atoms with Crippen molar-refractivity contribution in [2.75, 3.05) is 6.54 Å². The van der Waals surface area contributed by atoms with Crippen molar-refractivity contribution in [2.45, 2.75) is 12.8 Å². The first-order valence-corrected chi connectivity index (χ1v) is 7.14. The van der Waals surface area contributed by atoms with E-state index in [4.69, 9.17) is 0 Å². The number of H-pyrrole nitrogens is 1. The van der Waals surface area contributed by atoms with Crippen molar-refractivity contribution in [1.29, 1.82) is 0 Å². The number of amides is 1. The number of aromatic nitrogens is 1. The van der Waals surface area contributed by atoms with Gasteiger partial charge in [0.15, 0.2) is 0 Å². The lowest BCUT2D eigenvalue weighted by atomic mass is 10.0. The van der Waals surface area contributed by atoms with Gasteiger partial charge in [-0.15, -0.1) is 0 Å². The number of aromatic amines is 1. The van der Waals surface area contributed by atoms with Crippen LogP contribution in [0.25, 0.3) is 10.9 Å². The van der Waals surface area contributed by atoms with E-state index in [-0.39, 0.29) is 5.91 Å². The van der Waals surface area contributed by atoms with Crippen LogP contribution in [0.3, 0.4) is 0 Å². The van der Waals surface area contributed by atoms with Gasteiger partial charge in [-0.1, -0.05) is 43.3 Å². The Kier molecular flexibility index (Phi) is 3.73. The summed E-state index contributed by atoms with van der Waals surface area (Å²) in [7, 11) is 0. The quantitative estimate of drug-likeness (QED) is 0.751. The smallest absolute Gasteiger partial charge is 0.251 e. The lowest BCUT2D eigenvalue weighted by molar-refractivity contribution is 0.0952. The maximum Gasteiger partial charge on any atom is 0.251 e. The Bertz CT molecular complexity index is 746. The number of carbonyl (C=O) groups is 1. The third kappa shape index (κ3) is 2.97. The summed E-state index contributed by atoms with van der Waals surface area (Å²) in [5.74, 6) is 0.263. The van der Waals surface area contributed by atoms with E-state index in [1.165, 1.54) is 5.56 Å². The Hall–Kier alpha value is -2.55. The van der Waals surface area contributed by atoms with Crippen LogP contribution < -0.4 is 5.32 Å². The second kappa shape index (κ2) is 5.83. The highest BCUT2D eigenvalue weighted by molar-refractivity contribution is 5.97. The Morgan fingerprint density at radius 1 is 1.14 bits per heavy atom. The molecule has 0 aliphatic carbocycles. The highest BCUT2D eigenvalue weighted by Gasteiger charge is 2.10. The van der Waals surface area contributed by atoms with Crippen LogP contribution in [0.2, 0.25) is 0 Å². The van der Waals surface area contributed by atoms with Gasteiger partial charge in [-0.05, 0) is 35.1 Å². The summed E-state index contributed by atoms with van der Waals surface area (Å²) >= 11 is 0. The van der Waals surface area contributed by atoms with E-state index in [9.17, 15) is 4.79 Å². The zero-order valence-electron chi connectivity index (χ0n) is 12.0. The summed E-state index contributed by atoms with van der Waals surface area (Å²) in [4.78, 5) is 15.3. The molecular formula is C18H18N2O. The third-order valence-electron chi connectivity index (χ3n) is 3.75. The molecule has 3 rings (SSSR count). The molecule has 1 amide bonds. The number of carbonyl (C=O) groups excluding carboxylic acids is 1. The van der Waals surface area contributed by atoms with E-state index >= 15 is 0 Å². The zero-order chi connectivity index (χ0) is 14.7. The number of fused-ring (bicyclic) bond motifs is 1.